The van der Waals surface area contributed by atoms with Gasteiger partial charge in [0.2, 0.25) is 0 Å². The molecule has 1 aliphatic rings. The molecule has 1 aliphatic heterocycles. The summed E-state index contributed by atoms with van der Waals surface area (Å²) in [6.07, 6.45) is 0. The summed E-state index contributed by atoms with van der Waals surface area (Å²) < 4.78 is 0. The number of aliphatic carboxylic acids is 1. The Kier molecular flexibility index (Phi) is 13.6. The molecule has 8 heteroatoms. The van der Waals surface area contributed by atoms with Crippen LogP contribution in [0, 0.1) is 16.2 Å². The largest absolute Gasteiger partial charge is 4.00 e. The first-order valence-electron chi connectivity index (χ1n) is 7.46. The zero-order valence-electron chi connectivity index (χ0n) is 16.9. The number of hydrogen-bond donors (Lipinski definition) is 0. The molecule has 0 aliphatic carbocycles. The molecule has 0 aromatic carbocycles. The Hall–Kier alpha value is 0.0643. The van der Waals surface area contributed by atoms with Crippen LogP contribution in [-0.4, -0.2) is 30.2 Å². The fourth-order valence-electron chi connectivity index (χ4n) is 2.23. The van der Waals surface area contributed by atoms with Crippen LogP contribution in [0.25, 0.3) is 0 Å². The number of rotatable bonds is 1. The monoisotopic (exact) mass is 428 g/mol. The average Bonchev–Trinajstić information content (AvgIpc) is 2.71. The number of nitrogens with zero attached hydrogens (tertiary/aromatic N) is 2. The van der Waals surface area contributed by atoms with Gasteiger partial charge in [-0.3, -0.25) is 9.98 Å². The predicted octanol–water partition coefficient (Wildman–Crippen LogP) is -4.55. The summed E-state index contributed by atoms with van der Waals surface area (Å²) in [5.41, 5.74) is -1.15. The standard InChI is InChI=1S/C16H28N2O2.CH3O.2ClH.Ti/c1-13(2,3)10-11(14(4,5)6)18-16(17-10,12(19)20)15(7,8)9;1-2;;;/h1-9H3,(H,19,20);1H3;2*1H;/q;-1;;;+4/p-3. The molecule has 0 spiro atoms. The van der Waals surface area contributed by atoms with E-state index in [1.54, 1.807) is 0 Å². The third kappa shape index (κ3) is 6.95. The van der Waals surface area contributed by atoms with Crippen molar-refractivity contribution in [1.29, 1.82) is 0 Å². The Morgan fingerprint density at radius 1 is 0.800 bits per heavy atom. The third-order valence-corrected chi connectivity index (χ3v) is 3.52. The van der Waals surface area contributed by atoms with E-state index in [-0.39, 0.29) is 57.4 Å². The first kappa shape index (κ1) is 32.7. The van der Waals surface area contributed by atoms with E-state index in [4.69, 9.17) is 5.11 Å². The number of carbonyl (C=O) groups is 1. The molecule has 0 bridgehead atoms. The van der Waals surface area contributed by atoms with Crippen molar-refractivity contribution in [1.82, 2.24) is 0 Å². The Balaban J connectivity index is -0.000000425. The van der Waals surface area contributed by atoms with Crippen LogP contribution < -0.4 is 35.0 Å². The smallest absolute Gasteiger partial charge is 1.00 e. The molecular weight excluding hydrogens is 399 g/mol. The van der Waals surface area contributed by atoms with E-state index in [0.717, 1.165) is 18.5 Å². The fourth-order valence-corrected chi connectivity index (χ4v) is 2.23. The molecule has 0 saturated heterocycles. The van der Waals surface area contributed by atoms with E-state index in [1.165, 1.54) is 0 Å². The van der Waals surface area contributed by atoms with Crippen LogP contribution in [0.3, 0.4) is 0 Å². The number of halogens is 2. The molecule has 144 valence electrons. The number of carboxylic acids is 1. The van der Waals surface area contributed by atoms with Crippen molar-refractivity contribution in [2.75, 3.05) is 7.11 Å². The number of hydrogen-bond acceptors (Lipinski definition) is 5. The van der Waals surface area contributed by atoms with Gasteiger partial charge >= 0.3 is 21.7 Å². The van der Waals surface area contributed by atoms with Gasteiger partial charge in [-0.1, -0.05) is 62.3 Å². The van der Waals surface area contributed by atoms with Gasteiger partial charge in [0.15, 0.2) is 5.66 Å². The van der Waals surface area contributed by atoms with E-state index in [9.17, 15) is 9.90 Å². The molecular formula is C17H30Cl2N2O3Ti. The predicted molar refractivity (Wildman–Crippen MR) is 86.9 cm³/mol. The first-order valence-corrected chi connectivity index (χ1v) is 7.46. The molecule has 0 N–H and O–H groups in total. The molecule has 0 amide bonds. The van der Waals surface area contributed by atoms with Crippen molar-refractivity contribution in [3.8, 4) is 0 Å². The van der Waals surface area contributed by atoms with Crippen LogP contribution >= 0.6 is 0 Å². The van der Waals surface area contributed by atoms with Crippen molar-refractivity contribution in [3.63, 3.8) is 0 Å². The molecule has 0 aromatic heterocycles. The normalized spacial score (nSPS) is 16.0. The minimum absolute atomic E-state index is 0. The third-order valence-electron chi connectivity index (χ3n) is 3.52. The van der Waals surface area contributed by atoms with Gasteiger partial charge in [-0.05, 0) is 0 Å². The van der Waals surface area contributed by atoms with Gasteiger partial charge in [-0.15, -0.1) is 0 Å². The van der Waals surface area contributed by atoms with Crippen molar-refractivity contribution in [3.05, 3.63) is 0 Å². The molecule has 25 heavy (non-hydrogen) atoms. The Bertz CT molecular complexity index is 469. The van der Waals surface area contributed by atoms with Crippen LogP contribution in [0.2, 0.25) is 0 Å². The van der Waals surface area contributed by atoms with E-state index in [1.807, 2.05) is 62.3 Å². The van der Waals surface area contributed by atoms with Gasteiger partial charge in [0.05, 0.1) is 17.4 Å². The summed E-state index contributed by atoms with van der Waals surface area (Å²) in [6.45, 7) is 17.7. The summed E-state index contributed by atoms with van der Waals surface area (Å²) in [4.78, 5) is 20.9. The van der Waals surface area contributed by atoms with E-state index >= 15 is 0 Å². The SMILES string of the molecule is CC(C)(C)C1=NC(C(=O)[O-])(C(C)(C)C)N=C1C(C)(C)C.C[O-].[Cl-].[Cl-].[Ti+4]. The van der Waals surface area contributed by atoms with Gasteiger partial charge in [0.25, 0.3) is 0 Å². The van der Waals surface area contributed by atoms with Gasteiger partial charge in [0, 0.05) is 16.2 Å². The van der Waals surface area contributed by atoms with E-state index in [2.05, 4.69) is 9.98 Å². The van der Waals surface area contributed by atoms with Crippen LogP contribution in [0.5, 0.6) is 0 Å². The van der Waals surface area contributed by atoms with Crippen LogP contribution in [0.15, 0.2) is 9.98 Å². The molecule has 0 aromatic rings. The first-order chi connectivity index (χ1) is 9.63. The zero-order valence-corrected chi connectivity index (χ0v) is 19.9. The summed E-state index contributed by atoms with van der Waals surface area (Å²) in [6, 6.07) is 0. The second-order valence-electron chi connectivity index (χ2n) is 8.63. The van der Waals surface area contributed by atoms with Crippen LogP contribution in [0.4, 0.5) is 0 Å². The maximum atomic E-state index is 11.8. The Morgan fingerprint density at radius 2 is 1.04 bits per heavy atom. The minimum Gasteiger partial charge on any atom is -1.00 e. The zero-order chi connectivity index (χ0) is 18.1. The van der Waals surface area contributed by atoms with Crippen molar-refractivity contribution >= 4 is 17.4 Å². The van der Waals surface area contributed by atoms with Gasteiger partial charge < -0.3 is 39.8 Å². The second kappa shape index (κ2) is 10.4. The van der Waals surface area contributed by atoms with Crippen molar-refractivity contribution < 1.29 is 61.5 Å². The van der Waals surface area contributed by atoms with Crippen molar-refractivity contribution in [2.45, 2.75) is 68.0 Å². The number of aliphatic imine (C=N–C) groups is 2. The van der Waals surface area contributed by atoms with Crippen LogP contribution in [0.1, 0.15) is 62.3 Å². The van der Waals surface area contributed by atoms with Gasteiger partial charge in [-0.2, -0.15) is 7.11 Å². The second-order valence-corrected chi connectivity index (χ2v) is 8.63. The van der Waals surface area contributed by atoms with Crippen LogP contribution in [-0.2, 0) is 26.5 Å². The maximum Gasteiger partial charge on any atom is 4.00 e. The molecule has 1 heterocycles. The summed E-state index contributed by atoms with van der Waals surface area (Å²) >= 11 is 0. The average molecular weight is 429 g/mol. The van der Waals surface area contributed by atoms with E-state index < -0.39 is 17.0 Å². The molecule has 0 unspecified atom stereocenters. The molecule has 1 rings (SSSR count). The molecule has 0 atom stereocenters. The summed E-state index contributed by atoms with van der Waals surface area (Å²) in [5, 5.41) is 20.0. The Labute approximate surface area is 179 Å². The molecule has 0 radical (unpaired) electrons. The van der Waals surface area contributed by atoms with Gasteiger partial charge in [0.1, 0.15) is 0 Å². The number of carboxylic acid groups (broad SMARTS) is 1. The van der Waals surface area contributed by atoms with Crippen molar-refractivity contribution in [2.24, 2.45) is 26.2 Å². The Morgan fingerprint density at radius 3 is 1.16 bits per heavy atom. The fraction of sp³-hybridized carbons (Fsp3) is 0.824. The molecule has 0 saturated carbocycles. The summed E-state index contributed by atoms with van der Waals surface area (Å²) in [5.74, 6) is -1.23. The number of carbonyl (C=O) groups excluding carboxylic acids is 1. The topological polar surface area (TPSA) is 87.9 Å². The minimum atomic E-state index is -1.53. The van der Waals surface area contributed by atoms with Gasteiger partial charge in [-0.25, -0.2) is 0 Å². The quantitative estimate of drug-likeness (QED) is 0.394. The maximum absolute atomic E-state index is 11.8. The summed E-state index contributed by atoms with van der Waals surface area (Å²) in [7, 11) is 0.750. The molecule has 5 nitrogen and oxygen atoms in total. The molecule has 0 fully saturated rings. The van der Waals surface area contributed by atoms with E-state index in [0.29, 0.717) is 0 Å².